The van der Waals surface area contributed by atoms with E-state index in [4.69, 9.17) is 5.11 Å². The van der Waals surface area contributed by atoms with E-state index in [1.54, 1.807) is 18.2 Å². The number of amides is 4. The highest BCUT2D eigenvalue weighted by Gasteiger charge is 2.38. The molecular weight excluding hydrogens is 338 g/mol. The number of hydrogen-bond acceptors (Lipinski definition) is 4. The van der Waals surface area contributed by atoms with E-state index in [1.807, 2.05) is 0 Å². The number of fused-ring (bicyclic) bond motifs is 1. The molecule has 0 bridgehead atoms. The highest BCUT2D eigenvalue weighted by Crippen LogP contribution is 2.28. The molecule has 4 amide bonds. The molecule has 2 aliphatic rings. The zero-order chi connectivity index (χ0) is 16.6. The SMILES string of the molecule is Cl.O=C(O)NCc1ccc2c(c1)C(=O)N(C1CCC(=O)NC1=O)C2. The molecule has 3 N–H and O–H groups in total. The van der Waals surface area contributed by atoms with Crippen molar-refractivity contribution in [3.05, 3.63) is 34.9 Å². The molecule has 1 aromatic rings. The lowest BCUT2D eigenvalue weighted by atomic mass is 10.0. The number of halogens is 1. The maximum absolute atomic E-state index is 12.5. The summed E-state index contributed by atoms with van der Waals surface area (Å²) in [7, 11) is 0. The van der Waals surface area contributed by atoms with E-state index in [9.17, 15) is 19.2 Å². The highest BCUT2D eigenvalue weighted by molar-refractivity contribution is 6.05. The van der Waals surface area contributed by atoms with Gasteiger partial charge in [-0.25, -0.2) is 4.79 Å². The number of imide groups is 1. The maximum atomic E-state index is 12.5. The number of rotatable bonds is 3. The molecule has 1 saturated heterocycles. The number of carboxylic acid groups (broad SMARTS) is 1. The average molecular weight is 354 g/mol. The molecule has 1 atom stereocenters. The lowest BCUT2D eigenvalue weighted by Gasteiger charge is -2.29. The molecule has 8 nitrogen and oxygen atoms in total. The molecule has 0 aliphatic carbocycles. The minimum absolute atomic E-state index is 0. The highest BCUT2D eigenvalue weighted by atomic mass is 35.5. The van der Waals surface area contributed by atoms with Gasteiger partial charge in [0.2, 0.25) is 11.8 Å². The average Bonchev–Trinajstić information content (AvgIpc) is 2.82. The predicted octanol–water partition coefficient (Wildman–Crippen LogP) is 0.637. The second-order valence-corrected chi connectivity index (χ2v) is 5.55. The van der Waals surface area contributed by atoms with E-state index in [0.29, 0.717) is 24.1 Å². The van der Waals surface area contributed by atoms with Gasteiger partial charge in [-0.3, -0.25) is 19.7 Å². The van der Waals surface area contributed by atoms with Gasteiger partial charge in [-0.1, -0.05) is 12.1 Å². The summed E-state index contributed by atoms with van der Waals surface area (Å²) in [6.45, 7) is 0.418. The molecule has 3 rings (SSSR count). The first-order chi connectivity index (χ1) is 11.0. The van der Waals surface area contributed by atoms with Gasteiger partial charge in [0, 0.05) is 25.1 Å². The van der Waals surface area contributed by atoms with Crippen LogP contribution in [-0.2, 0) is 22.7 Å². The first-order valence-electron chi connectivity index (χ1n) is 7.19. The Morgan fingerprint density at radius 2 is 2.08 bits per heavy atom. The van der Waals surface area contributed by atoms with Crippen molar-refractivity contribution in [2.24, 2.45) is 0 Å². The monoisotopic (exact) mass is 353 g/mol. The van der Waals surface area contributed by atoms with Gasteiger partial charge in [0.05, 0.1) is 0 Å². The molecule has 0 radical (unpaired) electrons. The summed E-state index contributed by atoms with van der Waals surface area (Å²) >= 11 is 0. The van der Waals surface area contributed by atoms with Crippen molar-refractivity contribution >= 4 is 36.2 Å². The maximum Gasteiger partial charge on any atom is 0.404 e. The number of nitrogens with one attached hydrogen (secondary N) is 2. The van der Waals surface area contributed by atoms with Crippen LogP contribution in [0.4, 0.5) is 4.79 Å². The number of hydrogen-bond donors (Lipinski definition) is 3. The standard InChI is InChI=1S/C15H15N3O5.ClH/c19-12-4-3-11(13(20)17-12)18-7-9-2-1-8(6-16-15(22)23)5-10(9)14(18)21;/h1-2,5,11,16H,3-4,6-7H2,(H,22,23)(H,17,19,20);1H. The number of carbonyl (C=O) groups is 4. The van der Waals surface area contributed by atoms with E-state index in [2.05, 4.69) is 10.6 Å². The van der Waals surface area contributed by atoms with Crippen molar-refractivity contribution in [3.8, 4) is 0 Å². The van der Waals surface area contributed by atoms with Crippen LogP contribution in [0.3, 0.4) is 0 Å². The second kappa shape index (κ2) is 6.88. The molecule has 2 aliphatic heterocycles. The van der Waals surface area contributed by atoms with Crippen molar-refractivity contribution in [1.29, 1.82) is 0 Å². The van der Waals surface area contributed by atoms with Gasteiger partial charge >= 0.3 is 6.09 Å². The minimum Gasteiger partial charge on any atom is -0.465 e. The third kappa shape index (κ3) is 3.33. The molecule has 0 spiro atoms. The van der Waals surface area contributed by atoms with Gasteiger partial charge in [0.25, 0.3) is 5.91 Å². The molecule has 24 heavy (non-hydrogen) atoms. The molecule has 0 aromatic heterocycles. The smallest absolute Gasteiger partial charge is 0.404 e. The van der Waals surface area contributed by atoms with Crippen LogP contribution in [0, 0.1) is 0 Å². The Labute approximate surface area is 143 Å². The molecular formula is C15H16ClN3O5. The number of benzene rings is 1. The Hall–Kier alpha value is -2.61. The Bertz CT molecular complexity index is 721. The van der Waals surface area contributed by atoms with Gasteiger partial charge in [-0.2, -0.15) is 0 Å². The summed E-state index contributed by atoms with van der Waals surface area (Å²) < 4.78 is 0. The number of piperidine rings is 1. The minimum atomic E-state index is -1.14. The lowest BCUT2D eigenvalue weighted by molar-refractivity contribution is -0.136. The third-order valence-electron chi connectivity index (χ3n) is 4.04. The summed E-state index contributed by atoms with van der Waals surface area (Å²) in [6, 6.07) is 4.50. The van der Waals surface area contributed by atoms with Crippen LogP contribution >= 0.6 is 12.4 Å². The van der Waals surface area contributed by atoms with Crippen LogP contribution in [0.1, 0.15) is 34.3 Å². The van der Waals surface area contributed by atoms with Gasteiger partial charge in [-0.15, -0.1) is 12.4 Å². The topological polar surface area (TPSA) is 116 Å². The van der Waals surface area contributed by atoms with Crippen LogP contribution in [0.5, 0.6) is 0 Å². The molecule has 9 heteroatoms. The van der Waals surface area contributed by atoms with Crippen molar-refractivity contribution in [2.75, 3.05) is 0 Å². The fourth-order valence-corrected chi connectivity index (χ4v) is 2.89. The molecule has 1 aromatic carbocycles. The Balaban J connectivity index is 0.00000208. The van der Waals surface area contributed by atoms with E-state index >= 15 is 0 Å². The van der Waals surface area contributed by atoms with Crippen LogP contribution in [-0.4, -0.2) is 39.9 Å². The fraction of sp³-hybridized carbons (Fsp3) is 0.333. The molecule has 1 unspecified atom stereocenters. The van der Waals surface area contributed by atoms with Gasteiger partial charge in [-0.05, 0) is 23.6 Å². The van der Waals surface area contributed by atoms with Crippen LogP contribution in [0.2, 0.25) is 0 Å². The fourth-order valence-electron chi connectivity index (χ4n) is 2.89. The van der Waals surface area contributed by atoms with Crippen molar-refractivity contribution < 1.29 is 24.3 Å². The zero-order valence-corrected chi connectivity index (χ0v) is 13.4. The predicted molar refractivity (Wildman–Crippen MR) is 84.6 cm³/mol. The first-order valence-corrected chi connectivity index (χ1v) is 7.19. The van der Waals surface area contributed by atoms with Crippen molar-refractivity contribution in [3.63, 3.8) is 0 Å². The quantitative estimate of drug-likeness (QED) is 0.689. The van der Waals surface area contributed by atoms with Crippen molar-refractivity contribution in [2.45, 2.75) is 32.0 Å². The lowest BCUT2D eigenvalue weighted by Crippen LogP contribution is -2.52. The van der Waals surface area contributed by atoms with E-state index in [-0.39, 0.29) is 37.2 Å². The zero-order valence-electron chi connectivity index (χ0n) is 12.6. The van der Waals surface area contributed by atoms with Crippen molar-refractivity contribution in [1.82, 2.24) is 15.5 Å². The molecule has 2 heterocycles. The second-order valence-electron chi connectivity index (χ2n) is 5.55. The van der Waals surface area contributed by atoms with Crippen LogP contribution in [0.15, 0.2) is 18.2 Å². The molecule has 1 fully saturated rings. The summed E-state index contributed by atoms with van der Waals surface area (Å²) in [6.07, 6.45) is -0.607. The Kier molecular flexibility index (Phi) is 5.08. The van der Waals surface area contributed by atoms with Gasteiger partial charge in [0.1, 0.15) is 6.04 Å². The third-order valence-corrected chi connectivity index (χ3v) is 4.04. The van der Waals surface area contributed by atoms with Gasteiger partial charge < -0.3 is 15.3 Å². The number of nitrogens with zero attached hydrogens (tertiary/aromatic N) is 1. The van der Waals surface area contributed by atoms with E-state index in [0.717, 1.165) is 5.56 Å². The van der Waals surface area contributed by atoms with Gasteiger partial charge in [0.15, 0.2) is 0 Å². The normalized spacial score (nSPS) is 19.4. The van der Waals surface area contributed by atoms with E-state index in [1.165, 1.54) is 4.90 Å². The first kappa shape index (κ1) is 17.7. The summed E-state index contributed by atoms with van der Waals surface area (Å²) in [5.41, 5.74) is 1.93. The van der Waals surface area contributed by atoms with E-state index < -0.39 is 18.0 Å². The Morgan fingerprint density at radius 3 is 2.75 bits per heavy atom. The Morgan fingerprint density at radius 1 is 1.33 bits per heavy atom. The molecule has 128 valence electrons. The van der Waals surface area contributed by atoms with Crippen LogP contribution in [0.25, 0.3) is 0 Å². The summed E-state index contributed by atoms with van der Waals surface area (Å²) in [5, 5.41) is 13.1. The summed E-state index contributed by atoms with van der Waals surface area (Å²) in [5.74, 6) is -1.04. The number of carbonyl (C=O) groups excluding carboxylic acids is 3. The molecule has 0 saturated carbocycles. The largest absolute Gasteiger partial charge is 0.465 e. The van der Waals surface area contributed by atoms with Crippen LogP contribution < -0.4 is 10.6 Å². The summed E-state index contributed by atoms with van der Waals surface area (Å²) in [4.78, 5) is 47.7.